The van der Waals surface area contributed by atoms with Crippen LogP contribution < -0.4 is 0 Å². The van der Waals surface area contributed by atoms with Crippen molar-refractivity contribution in [1.29, 1.82) is 0 Å². The summed E-state index contributed by atoms with van der Waals surface area (Å²) in [6.45, 7) is 0. The molecule has 0 aliphatic heterocycles. The molecule has 16 rings (SSSR count). The molecule has 0 saturated heterocycles. The first kappa shape index (κ1) is 45.4. The van der Waals surface area contributed by atoms with E-state index < -0.39 is 0 Å². The number of para-hydroxylation sites is 3. The van der Waals surface area contributed by atoms with E-state index in [2.05, 4.69) is 294 Å². The molecule has 0 saturated carbocycles. The van der Waals surface area contributed by atoms with Gasteiger partial charge >= 0.3 is 0 Å². The molecule has 5 heteroatoms. The van der Waals surface area contributed by atoms with Crippen LogP contribution in [0.1, 0.15) is 0 Å². The summed E-state index contributed by atoms with van der Waals surface area (Å²) < 4.78 is 4.84. The van der Waals surface area contributed by atoms with E-state index in [1.54, 1.807) is 0 Å². The fourth-order valence-corrected chi connectivity index (χ4v) is 12.6. The summed E-state index contributed by atoms with van der Waals surface area (Å²) in [7, 11) is 0. The largest absolute Gasteiger partial charge is 0.309 e. The highest BCUT2D eigenvalue weighted by atomic mass is 15.1. The fraction of sp³-hybridized carbons (Fsp3) is 0. The third-order valence-electron chi connectivity index (χ3n) is 16.2. The normalized spacial score (nSPS) is 11.8. The molecule has 16 aromatic rings. The number of aromatic nitrogens is 5. The number of nitrogens with zero attached hydrogens (tertiary/aromatic N) is 5. The zero-order chi connectivity index (χ0) is 52.7. The Morgan fingerprint density at radius 3 is 1.29 bits per heavy atom. The zero-order valence-corrected chi connectivity index (χ0v) is 43.4. The van der Waals surface area contributed by atoms with Gasteiger partial charge in [0.05, 0.1) is 27.8 Å². The van der Waals surface area contributed by atoms with Crippen LogP contribution in [0.3, 0.4) is 0 Å². The van der Waals surface area contributed by atoms with Crippen molar-refractivity contribution in [1.82, 2.24) is 24.1 Å². The Balaban J connectivity index is 0.909. The van der Waals surface area contributed by atoms with Crippen molar-refractivity contribution in [2.45, 2.75) is 0 Å². The van der Waals surface area contributed by atoms with Crippen LogP contribution in [-0.2, 0) is 0 Å². The standard InChI is InChI=1S/C75H47N5/c1-4-20-48(21-5-1)50-38-40-51(41-39-50)73-76-74(53-43-44-59-57-28-11-10-26-55(57)56-27-12-13-29-58(56)65(59)46-53)78-75(77-73)64-31-15-17-35-67(64)80-66-34-16-14-30-62(66)71-60(33-19-37-69(71)80)61-32-18-36-68-72(61)63-45-42-52(49-22-6-2-7-23-49)47-70(63)79(68)54-24-8-3-9-25-54/h1-47H. The predicted molar refractivity (Wildman–Crippen MR) is 334 cm³/mol. The van der Waals surface area contributed by atoms with Crippen LogP contribution in [-0.4, -0.2) is 24.1 Å². The highest BCUT2D eigenvalue weighted by molar-refractivity contribution is 6.26. The van der Waals surface area contributed by atoms with Gasteiger partial charge < -0.3 is 9.13 Å². The predicted octanol–water partition coefficient (Wildman–Crippen LogP) is 19.5. The highest BCUT2D eigenvalue weighted by Gasteiger charge is 2.24. The van der Waals surface area contributed by atoms with Crippen molar-refractivity contribution in [2.24, 2.45) is 0 Å². The molecule has 0 amide bonds. The van der Waals surface area contributed by atoms with Gasteiger partial charge in [-0.3, -0.25) is 0 Å². The van der Waals surface area contributed by atoms with E-state index in [4.69, 9.17) is 15.0 Å². The molecule has 0 aliphatic carbocycles. The first-order valence-electron chi connectivity index (χ1n) is 27.3. The highest BCUT2D eigenvalue weighted by Crippen LogP contribution is 2.46. The van der Waals surface area contributed by atoms with Crippen LogP contribution in [0.25, 0.3) is 155 Å². The average Bonchev–Trinajstić information content (AvgIpc) is 4.13. The Morgan fingerprint density at radius 2 is 0.625 bits per heavy atom. The molecule has 0 aliphatic rings. The second kappa shape index (κ2) is 18.5. The van der Waals surface area contributed by atoms with E-state index in [1.165, 1.54) is 65.3 Å². The smallest absolute Gasteiger partial charge is 0.166 e. The number of benzene rings is 13. The van der Waals surface area contributed by atoms with Gasteiger partial charge in [-0.1, -0.05) is 231 Å². The maximum Gasteiger partial charge on any atom is 0.166 e. The van der Waals surface area contributed by atoms with Gasteiger partial charge in [-0.15, -0.1) is 0 Å². The number of rotatable bonds is 8. The van der Waals surface area contributed by atoms with Gasteiger partial charge in [0, 0.05) is 43.9 Å². The summed E-state index contributed by atoms with van der Waals surface area (Å²) in [4.78, 5) is 16.3. The summed E-state index contributed by atoms with van der Waals surface area (Å²) in [5, 5.41) is 12.0. The van der Waals surface area contributed by atoms with Crippen molar-refractivity contribution >= 4 is 75.9 Å². The van der Waals surface area contributed by atoms with Crippen LogP contribution in [0.5, 0.6) is 0 Å². The second-order valence-electron chi connectivity index (χ2n) is 20.6. The molecule has 3 heterocycles. The third kappa shape index (κ3) is 7.29. The maximum atomic E-state index is 5.49. The van der Waals surface area contributed by atoms with Crippen LogP contribution >= 0.6 is 0 Å². The van der Waals surface area contributed by atoms with E-state index in [1.807, 2.05) is 0 Å². The van der Waals surface area contributed by atoms with E-state index in [-0.39, 0.29) is 0 Å². The molecule has 0 N–H and O–H groups in total. The Morgan fingerprint density at radius 1 is 0.212 bits per heavy atom. The quantitative estimate of drug-likeness (QED) is 0.143. The minimum atomic E-state index is 0.589. The molecule has 0 unspecified atom stereocenters. The Kier molecular flexibility index (Phi) is 10.5. The topological polar surface area (TPSA) is 48.5 Å². The van der Waals surface area contributed by atoms with Gasteiger partial charge in [-0.2, -0.15) is 0 Å². The summed E-state index contributed by atoms with van der Waals surface area (Å²) >= 11 is 0. The van der Waals surface area contributed by atoms with E-state index in [0.29, 0.717) is 17.5 Å². The monoisotopic (exact) mass is 1020 g/mol. The van der Waals surface area contributed by atoms with Gasteiger partial charge in [-0.05, 0) is 120 Å². The molecule has 0 spiro atoms. The van der Waals surface area contributed by atoms with E-state index >= 15 is 0 Å². The Bertz CT molecular complexity index is 5060. The molecule has 0 fully saturated rings. The molecule has 3 aromatic heterocycles. The van der Waals surface area contributed by atoms with Crippen LogP contribution in [0.4, 0.5) is 0 Å². The molecule has 5 nitrogen and oxygen atoms in total. The lowest BCUT2D eigenvalue weighted by Gasteiger charge is -2.15. The van der Waals surface area contributed by atoms with Gasteiger partial charge in [-0.25, -0.2) is 15.0 Å². The minimum Gasteiger partial charge on any atom is -0.309 e. The van der Waals surface area contributed by atoms with Crippen molar-refractivity contribution in [3.63, 3.8) is 0 Å². The maximum absolute atomic E-state index is 5.49. The molecule has 0 bridgehead atoms. The molecule has 0 atom stereocenters. The van der Waals surface area contributed by atoms with Gasteiger partial charge in [0.25, 0.3) is 0 Å². The third-order valence-corrected chi connectivity index (χ3v) is 16.2. The van der Waals surface area contributed by atoms with Crippen LogP contribution in [0, 0.1) is 0 Å². The Hall–Kier alpha value is -10.8. The molecular formula is C75H47N5. The SMILES string of the molecule is c1ccc(-c2ccc(-c3nc(-c4ccc5c6ccccc6c6ccccc6c5c4)nc(-c4ccccc4-n4c5ccccc5c5c(-c6cccc7c6c6ccc(-c8ccccc8)cc6n7-c6ccccc6)cccc54)n3)cc2)cc1. The van der Waals surface area contributed by atoms with Crippen molar-refractivity contribution < 1.29 is 0 Å². The number of hydrogen-bond donors (Lipinski definition) is 0. The lowest BCUT2D eigenvalue weighted by atomic mass is 9.93. The van der Waals surface area contributed by atoms with Crippen LogP contribution in [0.2, 0.25) is 0 Å². The lowest BCUT2D eigenvalue weighted by Crippen LogP contribution is -2.03. The fourth-order valence-electron chi connectivity index (χ4n) is 12.6. The molecule has 0 radical (unpaired) electrons. The van der Waals surface area contributed by atoms with E-state index in [0.717, 1.165) is 72.0 Å². The number of hydrogen-bond acceptors (Lipinski definition) is 3. The van der Waals surface area contributed by atoms with Crippen molar-refractivity contribution in [3.8, 4) is 78.9 Å². The molecule has 13 aromatic carbocycles. The first-order valence-corrected chi connectivity index (χ1v) is 27.3. The van der Waals surface area contributed by atoms with E-state index in [9.17, 15) is 0 Å². The van der Waals surface area contributed by atoms with Crippen molar-refractivity contribution in [2.75, 3.05) is 0 Å². The Labute approximate surface area is 461 Å². The first-order chi connectivity index (χ1) is 39.7. The summed E-state index contributed by atoms with van der Waals surface area (Å²) in [6, 6.07) is 102. The molecule has 80 heavy (non-hydrogen) atoms. The average molecular weight is 1020 g/mol. The van der Waals surface area contributed by atoms with Crippen molar-refractivity contribution in [3.05, 3.63) is 285 Å². The van der Waals surface area contributed by atoms with Gasteiger partial charge in [0.2, 0.25) is 0 Å². The molecular weight excluding hydrogens is 971 g/mol. The zero-order valence-electron chi connectivity index (χ0n) is 43.4. The van der Waals surface area contributed by atoms with Gasteiger partial charge in [0.1, 0.15) is 0 Å². The summed E-state index contributed by atoms with van der Waals surface area (Å²) in [6.07, 6.45) is 0. The van der Waals surface area contributed by atoms with Gasteiger partial charge in [0.15, 0.2) is 17.5 Å². The van der Waals surface area contributed by atoms with Crippen LogP contribution in [0.15, 0.2) is 285 Å². The molecule has 372 valence electrons. The lowest BCUT2D eigenvalue weighted by molar-refractivity contribution is 1.06. The summed E-state index contributed by atoms with van der Waals surface area (Å²) in [5.41, 5.74) is 16.3. The second-order valence-corrected chi connectivity index (χ2v) is 20.6. The summed E-state index contributed by atoms with van der Waals surface area (Å²) in [5.74, 6) is 1.80. The number of fused-ring (bicyclic) bond motifs is 12. The minimum absolute atomic E-state index is 0.589.